The van der Waals surface area contributed by atoms with E-state index in [1.54, 1.807) is 43.6 Å². The molecule has 0 saturated heterocycles. The molecule has 21 heavy (non-hydrogen) atoms. The van der Waals surface area contributed by atoms with E-state index in [-0.39, 0.29) is 17.5 Å². The van der Waals surface area contributed by atoms with Crippen LogP contribution in [0.25, 0.3) is 0 Å². The fourth-order valence-electron chi connectivity index (χ4n) is 1.52. The molecular weight excluding hydrogens is 289 g/mol. The maximum Gasteiger partial charge on any atom is 0.250 e. The first-order chi connectivity index (χ1) is 10.2. The van der Waals surface area contributed by atoms with E-state index in [0.29, 0.717) is 10.6 Å². The predicted octanol–water partition coefficient (Wildman–Crippen LogP) is 2.85. The zero-order valence-corrected chi connectivity index (χ0v) is 12.2. The molecule has 0 atom stereocenters. The Balaban J connectivity index is 1.87. The molecule has 0 aliphatic rings. The molecule has 0 radical (unpaired) electrons. The Kier molecular flexibility index (Phi) is 5.45. The van der Waals surface area contributed by atoms with Crippen molar-refractivity contribution in [2.24, 2.45) is 5.10 Å². The number of nitrogens with zero attached hydrogens (tertiary/aromatic N) is 2. The van der Waals surface area contributed by atoms with Crippen molar-refractivity contribution in [1.29, 1.82) is 0 Å². The smallest absolute Gasteiger partial charge is 0.250 e. The number of benzene rings is 1. The van der Waals surface area contributed by atoms with Gasteiger partial charge in [-0.2, -0.15) is 5.10 Å². The number of rotatable bonds is 5. The van der Waals surface area contributed by atoms with Crippen LogP contribution in [-0.2, 0) is 4.79 Å². The van der Waals surface area contributed by atoms with Crippen LogP contribution in [0.3, 0.4) is 0 Å². The molecule has 2 rings (SSSR count). The predicted molar refractivity (Wildman–Crippen MR) is 81.7 cm³/mol. The summed E-state index contributed by atoms with van der Waals surface area (Å²) >= 11 is 1.13. The minimum absolute atomic E-state index is 0.102. The van der Waals surface area contributed by atoms with E-state index in [1.807, 2.05) is 6.07 Å². The van der Waals surface area contributed by atoms with Crippen molar-refractivity contribution in [3.63, 3.8) is 0 Å². The summed E-state index contributed by atoms with van der Waals surface area (Å²) in [5.74, 6) is -0.512. The van der Waals surface area contributed by atoms with Gasteiger partial charge in [0.05, 0.1) is 11.5 Å². The van der Waals surface area contributed by atoms with Crippen molar-refractivity contribution in [1.82, 2.24) is 10.4 Å². The number of carbonyl (C=O) groups is 1. The number of aromatic nitrogens is 1. The highest BCUT2D eigenvalue weighted by atomic mass is 32.2. The third-order valence-corrected chi connectivity index (χ3v) is 3.67. The van der Waals surface area contributed by atoms with Crippen molar-refractivity contribution in [2.45, 2.75) is 11.8 Å². The van der Waals surface area contributed by atoms with E-state index in [9.17, 15) is 9.18 Å². The lowest BCUT2D eigenvalue weighted by Crippen LogP contribution is -2.21. The molecule has 0 aliphatic carbocycles. The van der Waals surface area contributed by atoms with E-state index >= 15 is 0 Å². The highest BCUT2D eigenvalue weighted by Crippen LogP contribution is 2.20. The number of nitrogens with one attached hydrogen (secondary N) is 1. The highest BCUT2D eigenvalue weighted by molar-refractivity contribution is 8.00. The molecular formula is C15H14FN3OS. The Morgan fingerprint density at radius 3 is 2.86 bits per heavy atom. The van der Waals surface area contributed by atoms with Crippen molar-refractivity contribution >= 4 is 23.4 Å². The van der Waals surface area contributed by atoms with Crippen LogP contribution >= 0.6 is 11.8 Å². The molecule has 0 aliphatic heterocycles. The van der Waals surface area contributed by atoms with E-state index in [4.69, 9.17) is 0 Å². The topological polar surface area (TPSA) is 54.4 Å². The van der Waals surface area contributed by atoms with E-state index in [0.717, 1.165) is 17.3 Å². The second-order valence-electron chi connectivity index (χ2n) is 4.19. The molecule has 0 bridgehead atoms. The monoisotopic (exact) mass is 303 g/mol. The molecule has 1 heterocycles. The molecule has 4 nitrogen and oxygen atoms in total. The third kappa shape index (κ3) is 4.68. The molecule has 1 aromatic heterocycles. The maximum absolute atomic E-state index is 13.4. The lowest BCUT2D eigenvalue weighted by Gasteiger charge is -2.03. The van der Waals surface area contributed by atoms with Gasteiger partial charge in [-0.05, 0) is 25.1 Å². The minimum atomic E-state index is -0.328. The number of halogens is 1. The number of hydrogen-bond acceptors (Lipinski definition) is 4. The molecule has 2 aromatic rings. The molecule has 108 valence electrons. The van der Waals surface area contributed by atoms with Crippen molar-refractivity contribution in [3.05, 3.63) is 60.2 Å². The zero-order valence-electron chi connectivity index (χ0n) is 11.4. The van der Waals surface area contributed by atoms with Gasteiger partial charge in [-0.1, -0.05) is 18.2 Å². The number of pyridine rings is 1. The van der Waals surface area contributed by atoms with E-state index in [2.05, 4.69) is 15.5 Å². The van der Waals surface area contributed by atoms with Crippen molar-refractivity contribution in [2.75, 3.05) is 5.75 Å². The molecule has 0 fully saturated rings. The van der Waals surface area contributed by atoms with Crippen LogP contribution in [0.15, 0.2) is 58.8 Å². The molecule has 0 saturated carbocycles. The summed E-state index contributed by atoms with van der Waals surface area (Å²) in [6, 6.07) is 9.99. The number of hydrazone groups is 1. The van der Waals surface area contributed by atoms with Crippen LogP contribution in [0, 0.1) is 5.82 Å². The van der Waals surface area contributed by atoms with Crippen LogP contribution in [0.2, 0.25) is 0 Å². The molecule has 0 unspecified atom stereocenters. The summed E-state index contributed by atoms with van der Waals surface area (Å²) in [5.41, 5.74) is 3.94. The summed E-state index contributed by atoms with van der Waals surface area (Å²) in [6.07, 6.45) is 3.33. The first-order valence-electron chi connectivity index (χ1n) is 6.27. The third-order valence-electron chi connectivity index (χ3n) is 2.62. The summed E-state index contributed by atoms with van der Waals surface area (Å²) in [6.45, 7) is 1.78. The minimum Gasteiger partial charge on any atom is -0.272 e. The van der Waals surface area contributed by atoms with Crippen LogP contribution in [-0.4, -0.2) is 22.4 Å². The van der Waals surface area contributed by atoms with Gasteiger partial charge in [-0.25, -0.2) is 9.82 Å². The normalized spacial score (nSPS) is 11.2. The van der Waals surface area contributed by atoms with Crippen LogP contribution in [0.1, 0.15) is 12.5 Å². The van der Waals surface area contributed by atoms with Gasteiger partial charge in [0.1, 0.15) is 5.82 Å². The Morgan fingerprint density at radius 2 is 2.14 bits per heavy atom. The quantitative estimate of drug-likeness (QED) is 0.525. The van der Waals surface area contributed by atoms with Gasteiger partial charge < -0.3 is 0 Å². The lowest BCUT2D eigenvalue weighted by molar-refractivity contribution is -0.118. The van der Waals surface area contributed by atoms with Gasteiger partial charge in [0.2, 0.25) is 5.91 Å². The average molecular weight is 303 g/mol. The maximum atomic E-state index is 13.4. The van der Waals surface area contributed by atoms with Gasteiger partial charge in [0.15, 0.2) is 0 Å². The first kappa shape index (κ1) is 15.2. The lowest BCUT2D eigenvalue weighted by atomic mass is 10.2. The molecule has 0 spiro atoms. The average Bonchev–Trinajstić information content (AvgIpc) is 2.52. The summed E-state index contributed by atoms with van der Waals surface area (Å²) in [7, 11) is 0. The number of carbonyl (C=O) groups excluding carboxylic acids is 1. The second kappa shape index (κ2) is 7.54. The van der Waals surface area contributed by atoms with Gasteiger partial charge >= 0.3 is 0 Å². The Bertz CT molecular complexity index is 646. The Labute approximate surface area is 126 Å². The Morgan fingerprint density at radius 1 is 1.33 bits per heavy atom. The van der Waals surface area contributed by atoms with Crippen LogP contribution in [0.4, 0.5) is 4.39 Å². The first-order valence-corrected chi connectivity index (χ1v) is 7.26. The highest BCUT2D eigenvalue weighted by Gasteiger charge is 2.06. The van der Waals surface area contributed by atoms with Gasteiger partial charge in [-0.15, -0.1) is 11.8 Å². The SMILES string of the molecule is C/C(=N\NC(=O)CSc1ccccc1F)c1cccnc1. The summed E-state index contributed by atoms with van der Waals surface area (Å²) in [4.78, 5) is 16.1. The van der Waals surface area contributed by atoms with Gasteiger partial charge in [0.25, 0.3) is 0 Å². The molecule has 1 N–H and O–H groups in total. The van der Waals surface area contributed by atoms with Crippen LogP contribution < -0.4 is 5.43 Å². The summed E-state index contributed by atoms with van der Waals surface area (Å²) < 4.78 is 13.4. The number of thioether (sulfide) groups is 1. The molecule has 1 amide bonds. The Hall–Kier alpha value is -2.21. The van der Waals surface area contributed by atoms with E-state index < -0.39 is 0 Å². The van der Waals surface area contributed by atoms with E-state index in [1.165, 1.54) is 6.07 Å². The fraction of sp³-hybridized carbons (Fsp3) is 0.133. The van der Waals surface area contributed by atoms with Gasteiger partial charge in [-0.3, -0.25) is 9.78 Å². The van der Waals surface area contributed by atoms with Gasteiger partial charge in [0, 0.05) is 22.9 Å². The fourth-order valence-corrected chi connectivity index (χ4v) is 2.26. The van der Waals surface area contributed by atoms with Crippen molar-refractivity contribution < 1.29 is 9.18 Å². The van der Waals surface area contributed by atoms with Crippen LogP contribution in [0.5, 0.6) is 0 Å². The summed E-state index contributed by atoms with van der Waals surface area (Å²) in [5, 5.41) is 4.00. The zero-order chi connectivity index (χ0) is 15.1. The standard InChI is InChI=1S/C15H14FN3OS/c1-11(12-5-4-8-17-9-12)18-19-15(20)10-21-14-7-3-2-6-13(14)16/h2-9H,10H2,1H3,(H,19,20)/b18-11+. The molecule has 1 aromatic carbocycles. The van der Waals surface area contributed by atoms with Crippen molar-refractivity contribution in [3.8, 4) is 0 Å². The number of hydrogen-bond donors (Lipinski definition) is 1. The second-order valence-corrected chi connectivity index (χ2v) is 5.21. The molecule has 6 heteroatoms. The number of amides is 1. The largest absolute Gasteiger partial charge is 0.272 e.